The highest BCUT2D eigenvalue weighted by Gasteiger charge is 2.18. The Balaban J connectivity index is 1.92. The molecule has 0 bridgehead atoms. The first-order valence-electron chi connectivity index (χ1n) is 6.82. The first-order valence-corrected chi connectivity index (χ1v) is 6.82. The number of nitrogens with one attached hydrogen (secondary N) is 1. The Labute approximate surface area is 114 Å². The average molecular weight is 262 g/mol. The highest BCUT2D eigenvalue weighted by molar-refractivity contribution is 5.96. The fraction of sp³-hybridized carbons (Fsp3) is 0.533. The molecule has 0 radical (unpaired) electrons. The van der Waals surface area contributed by atoms with Crippen molar-refractivity contribution in [2.45, 2.75) is 19.8 Å². The lowest BCUT2D eigenvalue weighted by molar-refractivity contribution is 0.0934. The number of aromatic hydroxyl groups is 1. The maximum Gasteiger partial charge on any atom is 0.255 e. The number of phenols is 1. The van der Waals surface area contributed by atoms with E-state index in [9.17, 15) is 9.90 Å². The number of hydrogen-bond acceptors (Lipinski definition) is 3. The van der Waals surface area contributed by atoms with Crippen molar-refractivity contribution in [1.82, 2.24) is 10.2 Å². The lowest BCUT2D eigenvalue weighted by Gasteiger charge is -2.29. The first-order chi connectivity index (χ1) is 9.06. The van der Waals surface area contributed by atoms with Crippen LogP contribution in [-0.4, -0.2) is 42.6 Å². The topological polar surface area (TPSA) is 52.6 Å². The first kappa shape index (κ1) is 13.9. The molecule has 4 nitrogen and oxygen atoms in total. The van der Waals surface area contributed by atoms with Crippen molar-refractivity contribution < 1.29 is 9.90 Å². The summed E-state index contributed by atoms with van der Waals surface area (Å²) in [4.78, 5) is 14.4. The van der Waals surface area contributed by atoms with E-state index in [0.29, 0.717) is 18.0 Å². The number of benzene rings is 1. The van der Waals surface area contributed by atoms with E-state index in [1.54, 1.807) is 18.2 Å². The van der Waals surface area contributed by atoms with Gasteiger partial charge in [-0.15, -0.1) is 0 Å². The van der Waals surface area contributed by atoms with Gasteiger partial charge in [-0.2, -0.15) is 0 Å². The van der Waals surface area contributed by atoms with Gasteiger partial charge in [0.2, 0.25) is 0 Å². The van der Waals surface area contributed by atoms with Gasteiger partial charge in [-0.25, -0.2) is 0 Å². The van der Waals surface area contributed by atoms with Gasteiger partial charge in [0.1, 0.15) is 5.75 Å². The fourth-order valence-electron chi connectivity index (χ4n) is 2.60. The zero-order valence-electron chi connectivity index (χ0n) is 11.6. The molecule has 0 saturated carbocycles. The van der Waals surface area contributed by atoms with Crippen LogP contribution in [0.4, 0.5) is 0 Å². The van der Waals surface area contributed by atoms with Crippen LogP contribution in [0, 0.1) is 12.8 Å². The Kier molecular flexibility index (Phi) is 4.43. The number of carbonyl (C=O) groups is 1. The molecule has 1 aromatic carbocycles. The lowest BCUT2D eigenvalue weighted by Crippen LogP contribution is -2.39. The quantitative estimate of drug-likeness (QED) is 0.873. The van der Waals surface area contributed by atoms with Gasteiger partial charge in [-0.1, -0.05) is 11.6 Å². The third-order valence-electron chi connectivity index (χ3n) is 3.67. The van der Waals surface area contributed by atoms with Crippen LogP contribution in [0.1, 0.15) is 28.8 Å². The van der Waals surface area contributed by atoms with Crippen LogP contribution in [0.3, 0.4) is 0 Å². The molecule has 1 unspecified atom stereocenters. The number of amides is 1. The third kappa shape index (κ3) is 3.70. The lowest BCUT2D eigenvalue weighted by atomic mass is 9.98. The molecule has 1 aromatic rings. The maximum absolute atomic E-state index is 12.1. The molecule has 2 rings (SSSR count). The summed E-state index contributed by atoms with van der Waals surface area (Å²) in [7, 11) is 2.11. The van der Waals surface area contributed by atoms with E-state index in [4.69, 9.17) is 0 Å². The van der Waals surface area contributed by atoms with E-state index in [1.165, 1.54) is 6.42 Å². The van der Waals surface area contributed by atoms with Gasteiger partial charge in [-0.05, 0) is 51.4 Å². The van der Waals surface area contributed by atoms with Crippen molar-refractivity contribution in [3.63, 3.8) is 0 Å². The Morgan fingerprint density at radius 2 is 2.32 bits per heavy atom. The third-order valence-corrected chi connectivity index (χ3v) is 3.67. The van der Waals surface area contributed by atoms with Gasteiger partial charge in [0.15, 0.2) is 0 Å². The molecule has 1 saturated heterocycles. The SMILES string of the molecule is Cc1ccc(O)c(C(=O)NCC2CCCN(C)C2)c1. The van der Waals surface area contributed by atoms with Crippen LogP contribution < -0.4 is 5.32 Å². The molecule has 1 heterocycles. The predicted octanol–water partition coefficient (Wildman–Crippen LogP) is 1.77. The van der Waals surface area contributed by atoms with Crippen molar-refractivity contribution in [1.29, 1.82) is 0 Å². The van der Waals surface area contributed by atoms with E-state index in [0.717, 1.165) is 25.1 Å². The van der Waals surface area contributed by atoms with Crippen LogP contribution >= 0.6 is 0 Å². The number of likely N-dealkylation sites (tertiary alicyclic amines) is 1. The molecular formula is C15H22N2O2. The van der Waals surface area contributed by atoms with Crippen LogP contribution in [-0.2, 0) is 0 Å². The standard InChI is InChI=1S/C15H22N2O2/c1-11-5-6-14(18)13(8-11)15(19)16-9-12-4-3-7-17(2)10-12/h5-6,8,12,18H,3-4,7,9-10H2,1-2H3,(H,16,19). The molecule has 1 aliphatic heterocycles. The maximum atomic E-state index is 12.1. The Morgan fingerprint density at radius 1 is 1.53 bits per heavy atom. The second-order valence-electron chi connectivity index (χ2n) is 5.50. The highest BCUT2D eigenvalue weighted by atomic mass is 16.3. The fourth-order valence-corrected chi connectivity index (χ4v) is 2.60. The van der Waals surface area contributed by atoms with Gasteiger partial charge < -0.3 is 15.3 Å². The van der Waals surface area contributed by atoms with Crippen LogP contribution in [0.15, 0.2) is 18.2 Å². The van der Waals surface area contributed by atoms with Crippen molar-refractivity contribution in [2.75, 3.05) is 26.7 Å². The van der Waals surface area contributed by atoms with E-state index >= 15 is 0 Å². The smallest absolute Gasteiger partial charge is 0.255 e. The molecule has 1 amide bonds. The number of nitrogens with zero attached hydrogens (tertiary/aromatic N) is 1. The summed E-state index contributed by atoms with van der Waals surface area (Å²) < 4.78 is 0. The minimum Gasteiger partial charge on any atom is -0.507 e. The van der Waals surface area contributed by atoms with Crippen molar-refractivity contribution in [3.8, 4) is 5.75 Å². The monoisotopic (exact) mass is 262 g/mol. The largest absolute Gasteiger partial charge is 0.507 e. The highest BCUT2D eigenvalue weighted by Crippen LogP contribution is 2.19. The molecule has 4 heteroatoms. The van der Waals surface area contributed by atoms with E-state index in [-0.39, 0.29) is 11.7 Å². The zero-order chi connectivity index (χ0) is 13.8. The van der Waals surface area contributed by atoms with Gasteiger partial charge >= 0.3 is 0 Å². The molecule has 104 valence electrons. The summed E-state index contributed by atoms with van der Waals surface area (Å²) in [6.07, 6.45) is 2.34. The predicted molar refractivity (Wildman–Crippen MR) is 75.4 cm³/mol. The zero-order valence-corrected chi connectivity index (χ0v) is 11.6. The van der Waals surface area contributed by atoms with E-state index in [1.807, 2.05) is 6.92 Å². The molecule has 1 fully saturated rings. The van der Waals surface area contributed by atoms with E-state index < -0.39 is 0 Å². The van der Waals surface area contributed by atoms with Gasteiger partial charge in [0.05, 0.1) is 5.56 Å². The van der Waals surface area contributed by atoms with Crippen molar-refractivity contribution in [2.24, 2.45) is 5.92 Å². The summed E-state index contributed by atoms with van der Waals surface area (Å²) in [6.45, 7) is 4.76. The Bertz CT molecular complexity index is 459. The number of phenolic OH excluding ortho intramolecular Hbond substituents is 1. The van der Waals surface area contributed by atoms with Crippen molar-refractivity contribution in [3.05, 3.63) is 29.3 Å². The number of piperidine rings is 1. The van der Waals surface area contributed by atoms with Gasteiger partial charge in [0.25, 0.3) is 5.91 Å². The van der Waals surface area contributed by atoms with Crippen molar-refractivity contribution >= 4 is 5.91 Å². The molecule has 0 spiro atoms. The summed E-state index contributed by atoms with van der Waals surface area (Å²) >= 11 is 0. The number of rotatable bonds is 3. The van der Waals surface area contributed by atoms with Crippen LogP contribution in [0.2, 0.25) is 0 Å². The number of hydrogen-bond donors (Lipinski definition) is 2. The number of carbonyl (C=O) groups excluding carboxylic acids is 1. The molecule has 1 atom stereocenters. The molecule has 0 aromatic heterocycles. The normalized spacial score (nSPS) is 20.2. The Morgan fingerprint density at radius 3 is 3.05 bits per heavy atom. The van der Waals surface area contributed by atoms with E-state index in [2.05, 4.69) is 17.3 Å². The summed E-state index contributed by atoms with van der Waals surface area (Å²) in [5, 5.41) is 12.6. The summed E-state index contributed by atoms with van der Waals surface area (Å²) in [5.41, 5.74) is 1.34. The average Bonchev–Trinajstić information content (AvgIpc) is 2.39. The summed E-state index contributed by atoms with van der Waals surface area (Å²) in [6, 6.07) is 5.08. The van der Waals surface area contributed by atoms with Gasteiger partial charge in [-0.3, -0.25) is 4.79 Å². The summed E-state index contributed by atoms with van der Waals surface area (Å²) in [5.74, 6) is 0.368. The van der Waals surface area contributed by atoms with Crippen LogP contribution in [0.5, 0.6) is 5.75 Å². The second kappa shape index (κ2) is 6.06. The van der Waals surface area contributed by atoms with Gasteiger partial charge in [0, 0.05) is 13.1 Å². The molecule has 1 aliphatic rings. The molecular weight excluding hydrogens is 240 g/mol. The number of aryl methyl sites for hydroxylation is 1. The second-order valence-corrected chi connectivity index (χ2v) is 5.50. The minimum atomic E-state index is -0.186. The Hall–Kier alpha value is -1.55. The minimum absolute atomic E-state index is 0.0452. The van der Waals surface area contributed by atoms with Crippen LogP contribution in [0.25, 0.3) is 0 Å². The molecule has 2 N–H and O–H groups in total. The molecule has 19 heavy (non-hydrogen) atoms. The molecule has 0 aliphatic carbocycles.